The molecule has 0 aliphatic carbocycles. The monoisotopic (exact) mass is 282 g/mol. The molecular formula is C19H22O2. The van der Waals surface area contributed by atoms with Crippen LogP contribution in [0.5, 0.6) is 0 Å². The zero-order chi connectivity index (χ0) is 15.2. The van der Waals surface area contributed by atoms with Crippen LogP contribution in [0.4, 0.5) is 0 Å². The van der Waals surface area contributed by atoms with E-state index < -0.39 is 11.9 Å². The Morgan fingerprint density at radius 3 is 2.29 bits per heavy atom. The van der Waals surface area contributed by atoms with Gasteiger partial charge < -0.3 is 5.11 Å². The lowest BCUT2D eigenvalue weighted by atomic mass is 9.91. The van der Waals surface area contributed by atoms with Crippen molar-refractivity contribution < 1.29 is 9.90 Å². The first-order chi connectivity index (χ1) is 10.1. The lowest BCUT2D eigenvalue weighted by Gasteiger charge is -2.13. The number of rotatable bonds is 6. The Bertz CT molecular complexity index is 588. The molecule has 21 heavy (non-hydrogen) atoms. The molecule has 1 N–H and O–H groups in total. The molecule has 2 heteroatoms. The average molecular weight is 282 g/mol. The molecular weight excluding hydrogens is 260 g/mol. The van der Waals surface area contributed by atoms with E-state index in [0.717, 1.165) is 12.0 Å². The Morgan fingerprint density at radius 1 is 1.00 bits per heavy atom. The molecule has 0 radical (unpaired) electrons. The fourth-order valence-corrected chi connectivity index (χ4v) is 2.54. The van der Waals surface area contributed by atoms with Crippen molar-refractivity contribution in [3.8, 4) is 0 Å². The summed E-state index contributed by atoms with van der Waals surface area (Å²) in [5.41, 5.74) is 3.40. The Kier molecular flexibility index (Phi) is 5.15. The average Bonchev–Trinajstić information content (AvgIpc) is 2.48. The van der Waals surface area contributed by atoms with E-state index in [1.165, 1.54) is 11.1 Å². The van der Waals surface area contributed by atoms with Crippen LogP contribution in [0.3, 0.4) is 0 Å². The van der Waals surface area contributed by atoms with Crippen LogP contribution in [0.25, 0.3) is 0 Å². The van der Waals surface area contributed by atoms with Crippen LogP contribution in [0.15, 0.2) is 54.6 Å². The summed E-state index contributed by atoms with van der Waals surface area (Å²) in [6, 6.07) is 17.9. The molecule has 2 aromatic carbocycles. The topological polar surface area (TPSA) is 37.3 Å². The minimum absolute atomic E-state index is 0.436. The maximum atomic E-state index is 11.5. The van der Waals surface area contributed by atoms with Crippen molar-refractivity contribution >= 4 is 5.97 Å². The summed E-state index contributed by atoms with van der Waals surface area (Å²) in [6.45, 7) is 4.34. The molecule has 0 heterocycles. The molecule has 2 nitrogen and oxygen atoms in total. The van der Waals surface area contributed by atoms with Gasteiger partial charge in [0, 0.05) is 0 Å². The smallest absolute Gasteiger partial charge is 0.310 e. The number of carboxylic acid groups (broad SMARTS) is 1. The number of hydrogen-bond donors (Lipinski definition) is 1. The van der Waals surface area contributed by atoms with E-state index >= 15 is 0 Å². The highest BCUT2D eigenvalue weighted by molar-refractivity contribution is 5.76. The van der Waals surface area contributed by atoms with Crippen LogP contribution in [0.1, 0.15) is 48.8 Å². The standard InChI is InChI=1S/C19H22O2/c1-14(2)17-10-6-7-15(13-17)11-12-18(19(20)21)16-8-4-3-5-9-16/h3-10,13-14,18H,11-12H2,1-2H3,(H,20,21)/t18-/m0/s1. The van der Waals surface area contributed by atoms with Gasteiger partial charge in [-0.25, -0.2) is 0 Å². The molecule has 0 aromatic heterocycles. The van der Waals surface area contributed by atoms with Gasteiger partial charge in [0.05, 0.1) is 5.92 Å². The third-order valence-electron chi connectivity index (χ3n) is 3.84. The minimum atomic E-state index is -0.749. The first-order valence-electron chi connectivity index (χ1n) is 7.44. The predicted octanol–water partition coefficient (Wildman–Crippen LogP) is 4.61. The van der Waals surface area contributed by atoms with Crippen LogP contribution in [-0.4, -0.2) is 11.1 Å². The number of benzene rings is 2. The van der Waals surface area contributed by atoms with Gasteiger partial charge in [-0.2, -0.15) is 0 Å². The molecule has 0 spiro atoms. The lowest BCUT2D eigenvalue weighted by Crippen LogP contribution is -2.12. The third-order valence-corrected chi connectivity index (χ3v) is 3.84. The Balaban J connectivity index is 2.09. The lowest BCUT2D eigenvalue weighted by molar-refractivity contribution is -0.138. The van der Waals surface area contributed by atoms with Crippen molar-refractivity contribution in [3.05, 3.63) is 71.3 Å². The minimum Gasteiger partial charge on any atom is -0.481 e. The highest BCUT2D eigenvalue weighted by Gasteiger charge is 2.19. The highest BCUT2D eigenvalue weighted by Crippen LogP contribution is 2.23. The highest BCUT2D eigenvalue weighted by atomic mass is 16.4. The van der Waals surface area contributed by atoms with Crippen molar-refractivity contribution in [3.63, 3.8) is 0 Å². The number of hydrogen-bond acceptors (Lipinski definition) is 1. The largest absolute Gasteiger partial charge is 0.481 e. The second-order valence-corrected chi connectivity index (χ2v) is 5.74. The van der Waals surface area contributed by atoms with E-state index in [1.807, 2.05) is 30.3 Å². The quantitative estimate of drug-likeness (QED) is 0.840. The summed E-state index contributed by atoms with van der Waals surface area (Å²) < 4.78 is 0. The molecule has 2 rings (SSSR count). The van der Waals surface area contributed by atoms with Crippen molar-refractivity contribution in [1.29, 1.82) is 0 Å². The Hall–Kier alpha value is -2.09. The van der Waals surface area contributed by atoms with E-state index in [-0.39, 0.29) is 0 Å². The first-order valence-corrected chi connectivity index (χ1v) is 7.44. The fraction of sp³-hybridized carbons (Fsp3) is 0.316. The van der Waals surface area contributed by atoms with Crippen LogP contribution in [-0.2, 0) is 11.2 Å². The van der Waals surface area contributed by atoms with Crippen LogP contribution in [0.2, 0.25) is 0 Å². The van der Waals surface area contributed by atoms with E-state index in [2.05, 4.69) is 38.1 Å². The van der Waals surface area contributed by atoms with Gasteiger partial charge in [-0.05, 0) is 35.4 Å². The second-order valence-electron chi connectivity index (χ2n) is 5.74. The molecule has 0 amide bonds. The van der Waals surface area contributed by atoms with Gasteiger partial charge in [-0.3, -0.25) is 4.79 Å². The predicted molar refractivity (Wildman–Crippen MR) is 85.7 cm³/mol. The van der Waals surface area contributed by atoms with Gasteiger partial charge >= 0.3 is 5.97 Å². The zero-order valence-corrected chi connectivity index (χ0v) is 12.6. The first kappa shape index (κ1) is 15.3. The van der Waals surface area contributed by atoms with E-state index in [4.69, 9.17) is 0 Å². The maximum Gasteiger partial charge on any atom is 0.310 e. The number of carbonyl (C=O) groups is 1. The van der Waals surface area contributed by atoms with E-state index in [0.29, 0.717) is 12.3 Å². The van der Waals surface area contributed by atoms with Gasteiger partial charge in [0.1, 0.15) is 0 Å². The van der Waals surface area contributed by atoms with Crippen LogP contribution >= 0.6 is 0 Å². The molecule has 110 valence electrons. The molecule has 0 aliphatic rings. The normalized spacial score (nSPS) is 12.3. The maximum absolute atomic E-state index is 11.5. The summed E-state index contributed by atoms with van der Waals surface area (Å²) in [4.78, 5) is 11.5. The van der Waals surface area contributed by atoms with Crippen molar-refractivity contribution in [2.75, 3.05) is 0 Å². The molecule has 0 unspecified atom stereocenters. The Morgan fingerprint density at radius 2 is 1.67 bits per heavy atom. The molecule has 0 saturated heterocycles. The Labute approximate surface area is 126 Å². The summed E-state index contributed by atoms with van der Waals surface area (Å²) in [5, 5.41) is 9.45. The summed E-state index contributed by atoms with van der Waals surface area (Å²) >= 11 is 0. The second kappa shape index (κ2) is 7.07. The summed E-state index contributed by atoms with van der Waals surface area (Å²) in [5.74, 6) is -0.690. The SMILES string of the molecule is CC(C)c1cccc(CC[C@H](C(=O)O)c2ccccc2)c1. The van der Waals surface area contributed by atoms with Crippen molar-refractivity contribution in [1.82, 2.24) is 0 Å². The summed E-state index contributed by atoms with van der Waals surface area (Å²) in [6.07, 6.45) is 1.41. The van der Waals surface area contributed by atoms with Crippen molar-refractivity contribution in [2.45, 2.75) is 38.5 Å². The van der Waals surface area contributed by atoms with Gasteiger partial charge in [0.25, 0.3) is 0 Å². The molecule has 0 fully saturated rings. The molecule has 0 saturated carbocycles. The molecule has 0 aliphatic heterocycles. The van der Waals surface area contributed by atoms with Crippen LogP contribution < -0.4 is 0 Å². The van der Waals surface area contributed by atoms with E-state index in [1.54, 1.807) is 0 Å². The molecule has 2 aromatic rings. The van der Waals surface area contributed by atoms with Crippen LogP contribution in [0, 0.1) is 0 Å². The molecule has 0 bridgehead atoms. The summed E-state index contributed by atoms with van der Waals surface area (Å²) in [7, 11) is 0. The number of aliphatic carboxylic acids is 1. The van der Waals surface area contributed by atoms with Gasteiger partial charge in [-0.15, -0.1) is 0 Å². The van der Waals surface area contributed by atoms with Gasteiger partial charge in [-0.1, -0.05) is 68.4 Å². The fourth-order valence-electron chi connectivity index (χ4n) is 2.54. The molecule has 1 atom stereocenters. The zero-order valence-electron chi connectivity index (χ0n) is 12.6. The third kappa shape index (κ3) is 4.19. The number of aryl methyl sites for hydroxylation is 1. The van der Waals surface area contributed by atoms with Crippen molar-refractivity contribution in [2.24, 2.45) is 0 Å². The van der Waals surface area contributed by atoms with Gasteiger partial charge in [0.15, 0.2) is 0 Å². The number of carboxylic acids is 1. The van der Waals surface area contributed by atoms with Gasteiger partial charge in [0.2, 0.25) is 0 Å². The van der Waals surface area contributed by atoms with E-state index in [9.17, 15) is 9.90 Å².